The normalized spacial score (nSPS) is 10.6. The van der Waals surface area contributed by atoms with Crippen LogP contribution in [0.3, 0.4) is 0 Å². The third kappa shape index (κ3) is 2.72. The van der Waals surface area contributed by atoms with Crippen LogP contribution < -0.4 is 5.73 Å². The van der Waals surface area contributed by atoms with Gasteiger partial charge in [0, 0.05) is 17.4 Å². The minimum absolute atomic E-state index is 0.220. The molecule has 0 spiro atoms. The monoisotopic (exact) mass is 300 g/mol. The Kier molecular flexibility index (Phi) is 4.35. The van der Waals surface area contributed by atoms with E-state index in [0.29, 0.717) is 29.2 Å². The first kappa shape index (κ1) is 13.5. The third-order valence-electron chi connectivity index (χ3n) is 2.34. The Labute approximate surface area is 119 Å². The number of hydrogen-bond acceptors (Lipinski definition) is 4. The van der Waals surface area contributed by atoms with Crippen molar-refractivity contribution < 1.29 is 4.79 Å². The van der Waals surface area contributed by atoms with E-state index < -0.39 is 0 Å². The van der Waals surface area contributed by atoms with Gasteiger partial charge in [0.2, 0.25) is 5.78 Å². The van der Waals surface area contributed by atoms with Gasteiger partial charge in [0.1, 0.15) is 5.69 Å². The maximum atomic E-state index is 12.2. The lowest BCUT2D eigenvalue weighted by molar-refractivity contribution is 0.103. The second kappa shape index (κ2) is 5.80. The van der Waals surface area contributed by atoms with E-state index in [9.17, 15) is 4.79 Å². The van der Waals surface area contributed by atoms with Crippen molar-refractivity contribution in [3.63, 3.8) is 0 Å². The number of halogens is 2. The molecule has 0 unspecified atom stereocenters. The van der Waals surface area contributed by atoms with Crippen molar-refractivity contribution in [2.45, 2.75) is 6.42 Å². The minimum Gasteiger partial charge on any atom is -0.330 e. The molecule has 0 fully saturated rings. The standard InChI is InChI=1S/C12H10Cl2N2OS/c13-8-3-1-2-7(11(8)14)12(17)9-6-18-10(16-9)4-5-15/h1-3,6H,4-5,15H2. The third-order valence-corrected chi connectivity index (χ3v) is 4.07. The lowest BCUT2D eigenvalue weighted by Gasteiger charge is -2.02. The summed E-state index contributed by atoms with van der Waals surface area (Å²) in [4.78, 5) is 16.4. The maximum absolute atomic E-state index is 12.2. The van der Waals surface area contributed by atoms with Crippen molar-refractivity contribution in [3.8, 4) is 0 Å². The van der Waals surface area contributed by atoms with Gasteiger partial charge in [0.25, 0.3) is 0 Å². The molecule has 0 bridgehead atoms. The van der Waals surface area contributed by atoms with E-state index in [2.05, 4.69) is 4.98 Å². The van der Waals surface area contributed by atoms with Gasteiger partial charge in [-0.1, -0.05) is 29.3 Å². The molecule has 0 atom stereocenters. The number of carbonyl (C=O) groups is 1. The molecule has 94 valence electrons. The van der Waals surface area contributed by atoms with E-state index in [1.807, 2.05) is 0 Å². The average molecular weight is 301 g/mol. The van der Waals surface area contributed by atoms with Crippen molar-refractivity contribution in [3.05, 3.63) is 49.9 Å². The molecule has 0 radical (unpaired) electrons. The molecule has 2 aromatic rings. The van der Waals surface area contributed by atoms with Crippen molar-refractivity contribution in [1.29, 1.82) is 0 Å². The van der Waals surface area contributed by atoms with Gasteiger partial charge in [0.05, 0.1) is 15.1 Å². The molecule has 6 heteroatoms. The Balaban J connectivity index is 2.32. The lowest BCUT2D eigenvalue weighted by atomic mass is 10.1. The van der Waals surface area contributed by atoms with Gasteiger partial charge >= 0.3 is 0 Å². The van der Waals surface area contributed by atoms with Gasteiger partial charge in [0.15, 0.2) is 0 Å². The summed E-state index contributed by atoms with van der Waals surface area (Å²) in [6.45, 7) is 0.513. The molecule has 2 N–H and O–H groups in total. The Morgan fingerprint density at radius 3 is 2.89 bits per heavy atom. The zero-order valence-electron chi connectivity index (χ0n) is 9.32. The Hall–Kier alpha value is -0.940. The predicted octanol–water partition coefficient (Wildman–Crippen LogP) is 3.18. The zero-order valence-corrected chi connectivity index (χ0v) is 11.6. The molecule has 1 heterocycles. The van der Waals surface area contributed by atoms with Gasteiger partial charge < -0.3 is 5.73 Å². The topological polar surface area (TPSA) is 56.0 Å². The number of ketones is 1. The van der Waals surface area contributed by atoms with Crippen LogP contribution in [0.15, 0.2) is 23.6 Å². The summed E-state index contributed by atoms with van der Waals surface area (Å²) in [6.07, 6.45) is 0.668. The molecule has 3 nitrogen and oxygen atoms in total. The fraction of sp³-hybridized carbons (Fsp3) is 0.167. The van der Waals surface area contributed by atoms with Crippen LogP contribution in [0.25, 0.3) is 0 Å². The smallest absolute Gasteiger partial charge is 0.213 e. The van der Waals surface area contributed by atoms with Crippen LogP contribution in [-0.2, 0) is 6.42 Å². The summed E-state index contributed by atoms with van der Waals surface area (Å²) in [6, 6.07) is 4.97. The number of thiazole rings is 1. The molecule has 0 aliphatic carbocycles. The van der Waals surface area contributed by atoms with E-state index in [0.717, 1.165) is 5.01 Å². The summed E-state index contributed by atoms with van der Waals surface area (Å²) in [5, 5.41) is 3.18. The van der Waals surface area contributed by atoms with Gasteiger partial charge in [-0.05, 0) is 18.7 Å². The SMILES string of the molecule is NCCc1nc(C(=O)c2cccc(Cl)c2Cl)cs1. The molecular formula is C12H10Cl2N2OS. The summed E-state index contributed by atoms with van der Waals surface area (Å²) in [5.41, 5.74) is 6.20. The van der Waals surface area contributed by atoms with Crippen LogP contribution >= 0.6 is 34.5 Å². The van der Waals surface area contributed by atoms with Crippen molar-refractivity contribution in [2.75, 3.05) is 6.54 Å². The minimum atomic E-state index is -0.220. The van der Waals surface area contributed by atoms with E-state index in [1.54, 1.807) is 23.6 Å². The summed E-state index contributed by atoms with van der Waals surface area (Å²) < 4.78 is 0. The van der Waals surface area contributed by atoms with Gasteiger partial charge in [-0.15, -0.1) is 11.3 Å². The van der Waals surface area contributed by atoms with Gasteiger partial charge in [-0.3, -0.25) is 4.79 Å². The molecule has 0 aliphatic rings. The average Bonchev–Trinajstić information content (AvgIpc) is 2.81. The number of nitrogens with two attached hydrogens (primary N) is 1. The lowest BCUT2D eigenvalue weighted by Crippen LogP contribution is -2.05. The number of nitrogens with zero attached hydrogens (tertiary/aromatic N) is 1. The molecule has 18 heavy (non-hydrogen) atoms. The molecule has 2 rings (SSSR count). The fourth-order valence-corrected chi connectivity index (χ4v) is 2.65. The van der Waals surface area contributed by atoms with Crippen LogP contribution in [-0.4, -0.2) is 17.3 Å². The first-order valence-electron chi connectivity index (χ1n) is 5.26. The number of hydrogen-bond donors (Lipinski definition) is 1. The fourth-order valence-electron chi connectivity index (χ4n) is 1.47. The molecule has 1 aromatic carbocycles. The Bertz CT molecular complexity index is 583. The van der Waals surface area contributed by atoms with E-state index >= 15 is 0 Å². The van der Waals surface area contributed by atoms with Crippen LogP contribution in [0.1, 0.15) is 21.1 Å². The molecule has 0 saturated carbocycles. The summed E-state index contributed by atoms with van der Waals surface area (Å²) in [5.74, 6) is -0.220. The largest absolute Gasteiger partial charge is 0.330 e. The highest BCUT2D eigenvalue weighted by molar-refractivity contribution is 7.09. The molecule has 0 amide bonds. The van der Waals surface area contributed by atoms with Crippen molar-refractivity contribution in [2.24, 2.45) is 5.73 Å². The van der Waals surface area contributed by atoms with Crippen molar-refractivity contribution >= 4 is 40.3 Å². The van der Waals surface area contributed by atoms with Crippen LogP contribution in [0, 0.1) is 0 Å². The highest BCUT2D eigenvalue weighted by Crippen LogP contribution is 2.27. The van der Waals surface area contributed by atoms with Gasteiger partial charge in [-0.25, -0.2) is 4.98 Å². The highest BCUT2D eigenvalue weighted by Gasteiger charge is 2.17. The van der Waals surface area contributed by atoms with E-state index in [4.69, 9.17) is 28.9 Å². The van der Waals surface area contributed by atoms with E-state index in [1.165, 1.54) is 11.3 Å². The quantitative estimate of drug-likeness (QED) is 0.882. The Morgan fingerprint density at radius 1 is 1.39 bits per heavy atom. The second-order valence-electron chi connectivity index (χ2n) is 3.60. The molecule has 0 aliphatic heterocycles. The predicted molar refractivity (Wildman–Crippen MR) is 74.8 cm³/mol. The molecule has 1 aromatic heterocycles. The number of carbonyl (C=O) groups excluding carboxylic acids is 1. The van der Waals surface area contributed by atoms with Crippen LogP contribution in [0.5, 0.6) is 0 Å². The highest BCUT2D eigenvalue weighted by atomic mass is 35.5. The first-order chi connectivity index (χ1) is 8.63. The number of aromatic nitrogens is 1. The van der Waals surface area contributed by atoms with Crippen LogP contribution in [0.4, 0.5) is 0 Å². The number of rotatable bonds is 4. The molecular weight excluding hydrogens is 291 g/mol. The Morgan fingerprint density at radius 2 is 2.17 bits per heavy atom. The maximum Gasteiger partial charge on any atom is 0.213 e. The van der Waals surface area contributed by atoms with Crippen LogP contribution in [0.2, 0.25) is 10.0 Å². The zero-order chi connectivity index (χ0) is 13.1. The summed E-state index contributed by atoms with van der Waals surface area (Å²) >= 11 is 13.3. The van der Waals surface area contributed by atoms with E-state index in [-0.39, 0.29) is 10.8 Å². The van der Waals surface area contributed by atoms with Gasteiger partial charge in [-0.2, -0.15) is 0 Å². The molecule has 0 saturated heterocycles. The summed E-state index contributed by atoms with van der Waals surface area (Å²) in [7, 11) is 0. The first-order valence-corrected chi connectivity index (χ1v) is 6.90. The second-order valence-corrected chi connectivity index (χ2v) is 5.32. The van der Waals surface area contributed by atoms with Crippen molar-refractivity contribution in [1.82, 2.24) is 4.98 Å². The number of benzene rings is 1.